The second-order valence-electron chi connectivity index (χ2n) is 5.57. The van der Waals surface area contributed by atoms with Crippen LogP contribution < -0.4 is 5.32 Å². The van der Waals surface area contributed by atoms with Crippen molar-refractivity contribution < 1.29 is 14.7 Å². The summed E-state index contributed by atoms with van der Waals surface area (Å²) in [4.78, 5) is 27.9. The second kappa shape index (κ2) is 4.74. The molecule has 1 heterocycles. The van der Waals surface area contributed by atoms with Crippen LogP contribution in [0.1, 0.15) is 42.3 Å². The molecule has 1 atom stereocenters. The van der Waals surface area contributed by atoms with Crippen LogP contribution >= 0.6 is 0 Å². The highest BCUT2D eigenvalue weighted by Crippen LogP contribution is 2.27. The van der Waals surface area contributed by atoms with E-state index in [1.54, 1.807) is 19.1 Å². The van der Waals surface area contributed by atoms with Crippen molar-refractivity contribution in [3.05, 3.63) is 34.9 Å². The van der Waals surface area contributed by atoms with E-state index in [1.165, 1.54) is 0 Å². The highest BCUT2D eigenvalue weighted by Gasteiger charge is 2.42. The Balaban J connectivity index is 2.54. The fraction of sp³-hybridized carbons (Fsp3) is 0.400. The summed E-state index contributed by atoms with van der Waals surface area (Å²) in [5.41, 5.74) is 0.594. The smallest absolute Gasteiger partial charge is 0.336 e. The maximum atomic E-state index is 12.1. The number of hydrogen-bond acceptors (Lipinski definition) is 3. The number of amidine groups is 1. The van der Waals surface area contributed by atoms with Gasteiger partial charge < -0.3 is 10.4 Å². The Hall–Kier alpha value is -2.17. The third kappa shape index (κ3) is 2.19. The number of aromatic carboxylic acids is 1. The summed E-state index contributed by atoms with van der Waals surface area (Å²) in [6.45, 7) is 7.41. The Morgan fingerprint density at radius 1 is 1.40 bits per heavy atom. The van der Waals surface area contributed by atoms with Crippen LogP contribution in [0.15, 0.2) is 23.2 Å². The molecule has 0 radical (unpaired) electrons. The number of aryl methyl sites for hydroxylation is 1. The fourth-order valence-electron chi connectivity index (χ4n) is 2.11. The number of carboxylic acid groups (broad SMARTS) is 1. The van der Waals surface area contributed by atoms with Crippen LogP contribution in [0, 0.1) is 12.8 Å². The summed E-state index contributed by atoms with van der Waals surface area (Å²) >= 11 is 0. The van der Waals surface area contributed by atoms with E-state index in [0.717, 1.165) is 5.56 Å². The molecule has 20 heavy (non-hydrogen) atoms. The van der Waals surface area contributed by atoms with Crippen molar-refractivity contribution in [3.8, 4) is 0 Å². The lowest BCUT2D eigenvalue weighted by molar-refractivity contribution is -0.124. The molecule has 0 aliphatic carbocycles. The molecule has 1 aliphatic rings. The number of benzene rings is 1. The summed E-state index contributed by atoms with van der Waals surface area (Å²) in [5, 5.41) is 12.0. The van der Waals surface area contributed by atoms with Crippen molar-refractivity contribution in [3.63, 3.8) is 0 Å². The monoisotopic (exact) mass is 274 g/mol. The third-order valence-corrected chi connectivity index (χ3v) is 3.82. The maximum absolute atomic E-state index is 12.1. The van der Waals surface area contributed by atoms with Gasteiger partial charge >= 0.3 is 5.97 Å². The van der Waals surface area contributed by atoms with Gasteiger partial charge in [0, 0.05) is 5.56 Å². The lowest BCUT2D eigenvalue weighted by Crippen LogP contribution is -2.41. The number of rotatable bonds is 3. The molecular weight excluding hydrogens is 256 g/mol. The van der Waals surface area contributed by atoms with Crippen molar-refractivity contribution in [1.29, 1.82) is 0 Å². The zero-order chi connectivity index (χ0) is 15.1. The maximum Gasteiger partial charge on any atom is 0.336 e. The summed E-state index contributed by atoms with van der Waals surface area (Å²) in [6, 6.07) is 5.07. The number of aliphatic imine (C=N–C) groups is 1. The van der Waals surface area contributed by atoms with E-state index in [4.69, 9.17) is 0 Å². The quantitative estimate of drug-likeness (QED) is 0.884. The van der Waals surface area contributed by atoms with E-state index in [2.05, 4.69) is 10.3 Å². The molecule has 0 spiro atoms. The minimum absolute atomic E-state index is 0.0266. The molecule has 0 saturated carbocycles. The molecule has 2 rings (SSSR count). The number of carbonyl (C=O) groups excluding carboxylic acids is 1. The molecule has 0 aromatic heterocycles. The normalized spacial score (nSPS) is 21.9. The van der Waals surface area contributed by atoms with Gasteiger partial charge in [-0.2, -0.15) is 0 Å². The number of hydrogen-bond donors (Lipinski definition) is 2. The molecule has 106 valence electrons. The van der Waals surface area contributed by atoms with Crippen molar-refractivity contribution in [2.45, 2.75) is 33.2 Å². The largest absolute Gasteiger partial charge is 0.478 e. The van der Waals surface area contributed by atoms with E-state index < -0.39 is 11.5 Å². The Morgan fingerprint density at radius 3 is 2.55 bits per heavy atom. The van der Waals surface area contributed by atoms with Gasteiger partial charge in [0.05, 0.1) is 5.56 Å². The molecule has 1 aromatic carbocycles. The Bertz CT molecular complexity index is 620. The molecule has 5 nitrogen and oxygen atoms in total. The first-order valence-corrected chi connectivity index (χ1v) is 6.51. The van der Waals surface area contributed by atoms with Crippen LogP contribution in [0.3, 0.4) is 0 Å². The zero-order valence-electron chi connectivity index (χ0n) is 12.0. The summed E-state index contributed by atoms with van der Waals surface area (Å²) < 4.78 is 0. The van der Waals surface area contributed by atoms with Crippen molar-refractivity contribution >= 4 is 17.7 Å². The van der Waals surface area contributed by atoms with Crippen LogP contribution in [0.2, 0.25) is 0 Å². The van der Waals surface area contributed by atoms with E-state index in [9.17, 15) is 14.7 Å². The van der Waals surface area contributed by atoms with Crippen molar-refractivity contribution in [1.82, 2.24) is 5.32 Å². The number of nitrogens with one attached hydrogen (secondary N) is 1. The Labute approximate surface area is 117 Å². The summed E-state index contributed by atoms with van der Waals surface area (Å²) in [6.07, 6.45) is 0. The summed E-state index contributed by atoms with van der Waals surface area (Å²) in [7, 11) is 0. The fourth-order valence-corrected chi connectivity index (χ4v) is 2.11. The number of carbonyl (C=O) groups is 2. The van der Waals surface area contributed by atoms with Gasteiger partial charge in [-0.25, -0.2) is 4.79 Å². The minimum atomic E-state index is -1.03. The SMILES string of the molecule is Cc1ccc(C2=N[C@](C)(C(C)C)C(=O)N2)c(C(=O)O)c1. The Kier molecular flexibility index (Phi) is 3.38. The number of amides is 1. The van der Waals surface area contributed by atoms with Crippen molar-refractivity contribution in [2.24, 2.45) is 10.9 Å². The molecule has 1 aliphatic heterocycles. The van der Waals surface area contributed by atoms with Crippen LogP contribution in [-0.2, 0) is 4.79 Å². The van der Waals surface area contributed by atoms with Crippen LogP contribution in [0.25, 0.3) is 0 Å². The predicted molar refractivity (Wildman–Crippen MR) is 76.1 cm³/mol. The van der Waals surface area contributed by atoms with Gasteiger partial charge in [0.25, 0.3) is 5.91 Å². The minimum Gasteiger partial charge on any atom is -0.478 e. The van der Waals surface area contributed by atoms with E-state index in [1.807, 2.05) is 26.8 Å². The van der Waals surface area contributed by atoms with Gasteiger partial charge in [0.2, 0.25) is 0 Å². The standard InChI is InChI=1S/C15H18N2O3/c1-8(2)15(4)14(20)16-12(17-15)10-6-5-9(3)7-11(10)13(18)19/h5-8H,1-4H3,(H,18,19)(H,16,17,20)/t15-/m1/s1. The number of carboxylic acids is 1. The first-order valence-electron chi connectivity index (χ1n) is 6.51. The average Bonchev–Trinajstić information content (AvgIpc) is 2.66. The molecule has 0 fully saturated rings. The topological polar surface area (TPSA) is 78.8 Å². The van der Waals surface area contributed by atoms with Gasteiger partial charge in [0.1, 0.15) is 11.4 Å². The molecular formula is C15H18N2O3. The number of nitrogens with zero attached hydrogens (tertiary/aromatic N) is 1. The third-order valence-electron chi connectivity index (χ3n) is 3.82. The predicted octanol–water partition coefficient (Wildman–Crippen LogP) is 1.98. The summed E-state index contributed by atoms with van der Waals surface area (Å²) in [5.74, 6) is -0.861. The van der Waals surface area contributed by atoms with Gasteiger partial charge in [-0.3, -0.25) is 9.79 Å². The van der Waals surface area contributed by atoms with Gasteiger partial charge in [-0.05, 0) is 25.8 Å². The van der Waals surface area contributed by atoms with Crippen molar-refractivity contribution in [2.75, 3.05) is 0 Å². The Morgan fingerprint density at radius 2 is 2.05 bits per heavy atom. The molecule has 5 heteroatoms. The van der Waals surface area contributed by atoms with E-state index in [-0.39, 0.29) is 17.4 Å². The second-order valence-corrected chi connectivity index (χ2v) is 5.57. The highest BCUT2D eigenvalue weighted by molar-refractivity contribution is 6.18. The van der Waals surface area contributed by atoms with E-state index in [0.29, 0.717) is 11.4 Å². The van der Waals surface area contributed by atoms with E-state index >= 15 is 0 Å². The molecule has 1 aromatic rings. The van der Waals surface area contributed by atoms with Crippen LogP contribution in [0.5, 0.6) is 0 Å². The van der Waals surface area contributed by atoms with Gasteiger partial charge in [-0.1, -0.05) is 31.5 Å². The first-order chi connectivity index (χ1) is 9.25. The highest BCUT2D eigenvalue weighted by atomic mass is 16.4. The van der Waals surface area contributed by atoms with Crippen LogP contribution in [0.4, 0.5) is 0 Å². The van der Waals surface area contributed by atoms with Crippen LogP contribution in [-0.4, -0.2) is 28.4 Å². The average molecular weight is 274 g/mol. The molecule has 1 amide bonds. The molecule has 0 saturated heterocycles. The molecule has 0 bridgehead atoms. The lowest BCUT2D eigenvalue weighted by atomic mass is 9.89. The van der Waals surface area contributed by atoms with Gasteiger partial charge in [-0.15, -0.1) is 0 Å². The zero-order valence-corrected chi connectivity index (χ0v) is 12.0. The van der Waals surface area contributed by atoms with Gasteiger partial charge in [0.15, 0.2) is 0 Å². The first kappa shape index (κ1) is 14.2. The molecule has 2 N–H and O–H groups in total. The molecule has 0 unspecified atom stereocenters. The lowest BCUT2D eigenvalue weighted by Gasteiger charge is -2.21.